The van der Waals surface area contributed by atoms with Crippen molar-refractivity contribution in [1.29, 1.82) is 0 Å². The van der Waals surface area contributed by atoms with Crippen molar-refractivity contribution in [1.82, 2.24) is 0 Å². The topological polar surface area (TPSA) is 125 Å². The van der Waals surface area contributed by atoms with Gasteiger partial charge in [0, 0.05) is 6.61 Å². The van der Waals surface area contributed by atoms with Crippen molar-refractivity contribution < 1.29 is 29.9 Å². The third-order valence-electron chi connectivity index (χ3n) is 3.53. The summed E-state index contributed by atoms with van der Waals surface area (Å²) in [4.78, 5) is 0. The summed E-state index contributed by atoms with van der Waals surface area (Å²) >= 11 is 0. The number of ether oxygens (including phenoxy) is 2. The van der Waals surface area contributed by atoms with E-state index in [-0.39, 0.29) is 0 Å². The molecule has 0 bridgehead atoms. The van der Waals surface area contributed by atoms with Crippen LogP contribution in [0.25, 0.3) is 0 Å². The number of unbranched alkanes of at least 4 members (excludes halogenated alkanes) is 4. The second-order valence-corrected chi connectivity index (χ2v) is 5.29. The van der Waals surface area contributed by atoms with E-state index in [1.165, 1.54) is 6.42 Å². The molecule has 1 heterocycles. The summed E-state index contributed by atoms with van der Waals surface area (Å²) in [6.45, 7) is 1.89. The number of hydrogen-bond acceptors (Lipinski definition) is 7. The highest BCUT2D eigenvalue weighted by Crippen LogP contribution is 2.30. The molecule has 7 nitrogen and oxygen atoms in total. The molecule has 1 aliphatic rings. The van der Waals surface area contributed by atoms with Crippen molar-refractivity contribution in [2.24, 2.45) is 5.73 Å². The van der Waals surface area contributed by atoms with Crippen molar-refractivity contribution in [3.05, 3.63) is 0 Å². The summed E-state index contributed by atoms with van der Waals surface area (Å²) in [5.74, 6) is 0. The highest BCUT2D eigenvalue weighted by molar-refractivity contribution is 4.99. The summed E-state index contributed by atoms with van der Waals surface area (Å²) in [5, 5.41) is 38.2. The second kappa shape index (κ2) is 8.23. The van der Waals surface area contributed by atoms with Crippen LogP contribution in [0.15, 0.2) is 0 Å². The molecule has 1 fully saturated rings. The standard InChI is InChI=1S/C13H27NO6/c1-2-3-4-5-6-7-19-12-10(17)13(14,18)11(20-12)9(16)8-15/h9-12,15-18H,2-8,14H2,1H3/t9-,10+,11-,12+,13+/m1/s1. The van der Waals surface area contributed by atoms with Crippen LogP contribution in [-0.4, -0.2) is 64.0 Å². The van der Waals surface area contributed by atoms with Crippen LogP contribution in [0.1, 0.15) is 39.0 Å². The SMILES string of the molecule is CCCCCCCO[C@H]1O[C@H]([C@H](O)CO)[C@@](N)(O)[C@H]1O. The van der Waals surface area contributed by atoms with Crippen LogP contribution in [0.2, 0.25) is 0 Å². The largest absolute Gasteiger partial charge is 0.394 e. The van der Waals surface area contributed by atoms with Crippen LogP contribution in [0.3, 0.4) is 0 Å². The average molecular weight is 293 g/mol. The van der Waals surface area contributed by atoms with E-state index in [4.69, 9.17) is 20.3 Å². The highest BCUT2D eigenvalue weighted by Gasteiger charge is 2.56. The van der Waals surface area contributed by atoms with Gasteiger partial charge in [0.05, 0.1) is 6.61 Å². The minimum absolute atomic E-state index is 0.378. The van der Waals surface area contributed by atoms with E-state index < -0.39 is 36.9 Å². The number of rotatable bonds is 9. The number of aliphatic hydroxyl groups excluding tert-OH is 3. The van der Waals surface area contributed by atoms with Gasteiger partial charge in [0.2, 0.25) is 0 Å². The van der Waals surface area contributed by atoms with Gasteiger partial charge in [-0.1, -0.05) is 32.6 Å². The van der Waals surface area contributed by atoms with E-state index in [2.05, 4.69) is 6.92 Å². The molecular weight excluding hydrogens is 266 g/mol. The molecule has 0 saturated carbocycles. The van der Waals surface area contributed by atoms with Gasteiger partial charge in [-0.3, -0.25) is 5.73 Å². The molecule has 0 amide bonds. The van der Waals surface area contributed by atoms with Gasteiger partial charge in [0.25, 0.3) is 0 Å². The maximum absolute atomic E-state index is 9.92. The molecule has 120 valence electrons. The molecule has 0 radical (unpaired) electrons. The van der Waals surface area contributed by atoms with Gasteiger partial charge in [-0.25, -0.2) is 0 Å². The molecule has 1 aliphatic heterocycles. The van der Waals surface area contributed by atoms with E-state index in [9.17, 15) is 15.3 Å². The summed E-state index contributed by atoms with van der Waals surface area (Å²) in [6.07, 6.45) is 0.0784. The lowest BCUT2D eigenvalue weighted by atomic mass is 10.00. The molecule has 0 aliphatic carbocycles. The highest BCUT2D eigenvalue weighted by atomic mass is 16.7. The summed E-state index contributed by atoms with van der Waals surface area (Å²) < 4.78 is 10.6. The molecule has 0 unspecified atom stereocenters. The Morgan fingerprint density at radius 3 is 2.55 bits per heavy atom. The zero-order chi connectivity index (χ0) is 15.2. The Bertz CT molecular complexity index is 276. The van der Waals surface area contributed by atoms with Gasteiger partial charge in [-0.05, 0) is 6.42 Å². The lowest BCUT2D eigenvalue weighted by Gasteiger charge is -2.28. The summed E-state index contributed by atoms with van der Waals surface area (Å²) in [5.41, 5.74) is 3.39. The summed E-state index contributed by atoms with van der Waals surface area (Å²) in [7, 11) is 0. The maximum atomic E-state index is 9.92. The van der Waals surface area contributed by atoms with E-state index in [0.717, 1.165) is 25.7 Å². The van der Waals surface area contributed by atoms with Crippen LogP contribution in [0, 0.1) is 0 Å². The average Bonchev–Trinajstić information content (AvgIpc) is 2.65. The Kier molecular flexibility index (Phi) is 7.32. The van der Waals surface area contributed by atoms with Crippen LogP contribution in [0.4, 0.5) is 0 Å². The zero-order valence-electron chi connectivity index (χ0n) is 11.9. The molecule has 7 heteroatoms. The zero-order valence-corrected chi connectivity index (χ0v) is 11.9. The fourth-order valence-corrected chi connectivity index (χ4v) is 2.24. The van der Waals surface area contributed by atoms with Gasteiger partial charge in [0.15, 0.2) is 12.0 Å². The summed E-state index contributed by atoms with van der Waals surface area (Å²) in [6, 6.07) is 0. The number of nitrogens with two attached hydrogens (primary N) is 1. The van der Waals surface area contributed by atoms with Crippen LogP contribution < -0.4 is 5.73 Å². The first-order chi connectivity index (χ1) is 9.45. The van der Waals surface area contributed by atoms with Gasteiger partial charge >= 0.3 is 0 Å². The predicted molar refractivity (Wildman–Crippen MR) is 71.6 cm³/mol. The van der Waals surface area contributed by atoms with E-state index in [0.29, 0.717) is 6.61 Å². The second-order valence-electron chi connectivity index (χ2n) is 5.29. The van der Waals surface area contributed by atoms with E-state index in [1.54, 1.807) is 0 Å². The van der Waals surface area contributed by atoms with Crippen LogP contribution >= 0.6 is 0 Å². The number of aliphatic hydroxyl groups is 4. The normalized spacial score (nSPS) is 35.4. The smallest absolute Gasteiger partial charge is 0.188 e. The third kappa shape index (κ3) is 4.36. The molecule has 0 aromatic rings. The molecule has 0 aromatic carbocycles. The Morgan fingerprint density at radius 2 is 1.95 bits per heavy atom. The third-order valence-corrected chi connectivity index (χ3v) is 3.53. The first-order valence-corrected chi connectivity index (χ1v) is 7.20. The van der Waals surface area contributed by atoms with Crippen molar-refractivity contribution >= 4 is 0 Å². The Labute approximate surface area is 119 Å². The minimum atomic E-state index is -2.14. The van der Waals surface area contributed by atoms with Gasteiger partial charge in [-0.2, -0.15) is 0 Å². The molecule has 6 N–H and O–H groups in total. The fraction of sp³-hybridized carbons (Fsp3) is 1.00. The lowest BCUT2D eigenvalue weighted by Crippen LogP contribution is -2.60. The van der Waals surface area contributed by atoms with Crippen molar-refractivity contribution in [3.8, 4) is 0 Å². The molecular formula is C13H27NO6. The minimum Gasteiger partial charge on any atom is -0.394 e. The Hall–Kier alpha value is -0.280. The molecule has 0 spiro atoms. The van der Waals surface area contributed by atoms with Crippen molar-refractivity contribution in [3.63, 3.8) is 0 Å². The molecule has 20 heavy (non-hydrogen) atoms. The van der Waals surface area contributed by atoms with Crippen LogP contribution in [0.5, 0.6) is 0 Å². The molecule has 1 rings (SSSR count). The first kappa shape index (κ1) is 17.8. The Morgan fingerprint density at radius 1 is 1.30 bits per heavy atom. The molecule has 5 atom stereocenters. The van der Waals surface area contributed by atoms with E-state index in [1.807, 2.05) is 0 Å². The maximum Gasteiger partial charge on any atom is 0.188 e. The van der Waals surface area contributed by atoms with Gasteiger partial charge in [0.1, 0.15) is 18.3 Å². The molecule has 1 saturated heterocycles. The van der Waals surface area contributed by atoms with Gasteiger partial charge in [-0.15, -0.1) is 0 Å². The number of hydrogen-bond donors (Lipinski definition) is 5. The fourth-order valence-electron chi connectivity index (χ4n) is 2.24. The Balaban J connectivity index is 2.36. The van der Waals surface area contributed by atoms with E-state index >= 15 is 0 Å². The van der Waals surface area contributed by atoms with Crippen molar-refractivity contribution in [2.75, 3.05) is 13.2 Å². The quantitative estimate of drug-likeness (QED) is 0.274. The monoisotopic (exact) mass is 293 g/mol. The predicted octanol–water partition coefficient (Wildman–Crippen LogP) is -0.940. The van der Waals surface area contributed by atoms with Crippen molar-refractivity contribution in [2.45, 2.75) is 69.4 Å². The van der Waals surface area contributed by atoms with Crippen LogP contribution in [-0.2, 0) is 9.47 Å². The van der Waals surface area contributed by atoms with Gasteiger partial charge < -0.3 is 29.9 Å². The lowest BCUT2D eigenvalue weighted by molar-refractivity contribution is -0.181. The first-order valence-electron chi connectivity index (χ1n) is 7.20. The molecule has 0 aromatic heterocycles.